The fourth-order valence-corrected chi connectivity index (χ4v) is 3.66. The Bertz CT molecular complexity index is 492. The van der Waals surface area contributed by atoms with Crippen molar-refractivity contribution in [1.82, 2.24) is 15.1 Å². The average Bonchev–Trinajstić information content (AvgIpc) is 3.02. The summed E-state index contributed by atoms with van der Waals surface area (Å²) in [6, 6.07) is -1.10. The van der Waals surface area contributed by atoms with Gasteiger partial charge in [0.15, 0.2) is 0 Å². The lowest BCUT2D eigenvalue weighted by Crippen LogP contribution is -2.45. The first-order valence-corrected chi connectivity index (χ1v) is 7.11. The van der Waals surface area contributed by atoms with Gasteiger partial charge >= 0.3 is 12.0 Å². The van der Waals surface area contributed by atoms with E-state index >= 15 is 0 Å². The van der Waals surface area contributed by atoms with Crippen molar-refractivity contribution in [1.29, 1.82) is 0 Å². The molecule has 1 saturated carbocycles. The van der Waals surface area contributed by atoms with Crippen LogP contribution < -0.4 is 5.32 Å². The van der Waals surface area contributed by atoms with E-state index in [0.29, 0.717) is 17.6 Å². The van der Waals surface area contributed by atoms with Crippen LogP contribution in [0.1, 0.15) is 19.3 Å². The summed E-state index contributed by atoms with van der Waals surface area (Å²) in [6.07, 6.45) is 2.96. The second-order valence-electron chi connectivity index (χ2n) is 4.96. The molecule has 2 amide bonds. The number of nitrogens with one attached hydrogen (secondary N) is 1. The first-order chi connectivity index (χ1) is 9.16. The quantitative estimate of drug-likeness (QED) is 0.851. The van der Waals surface area contributed by atoms with Crippen LogP contribution in [0.2, 0.25) is 0 Å². The Kier molecular flexibility index (Phi) is 3.09. The SMILES string of the molecule is O=C(O)C1C2CCCC2CN1C(=O)Nc1nncs1. The van der Waals surface area contributed by atoms with Crippen molar-refractivity contribution in [3.8, 4) is 0 Å². The average molecular weight is 282 g/mol. The minimum absolute atomic E-state index is 0.0951. The molecule has 2 heterocycles. The molecule has 1 aliphatic carbocycles. The second kappa shape index (κ2) is 4.76. The minimum atomic E-state index is -0.915. The summed E-state index contributed by atoms with van der Waals surface area (Å²) in [6.45, 7) is 0.520. The molecule has 2 N–H and O–H groups in total. The van der Waals surface area contributed by atoms with E-state index < -0.39 is 18.0 Å². The number of urea groups is 1. The Balaban J connectivity index is 1.76. The van der Waals surface area contributed by atoms with Gasteiger partial charge in [0.25, 0.3) is 0 Å². The van der Waals surface area contributed by atoms with E-state index in [4.69, 9.17) is 0 Å². The highest BCUT2D eigenvalue weighted by Gasteiger charge is 2.49. The third-order valence-electron chi connectivity index (χ3n) is 3.98. The van der Waals surface area contributed by atoms with E-state index in [0.717, 1.165) is 19.3 Å². The molecule has 0 bridgehead atoms. The molecule has 3 unspecified atom stereocenters. The van der Waals surface area contributed by atoms with E-state index in [-0.39, 0.29) is 5.92 Å². The first-order valence-electron chi connectivity index (χ1n) is 6.23. The number of nitrogens with zero attached hydrogens (tertiary/aromatic N) is 3. The fraction of sp³-hybridized carbons (Fsp3) is 0.636. The lowest BCUT2D eigenvalue weighted by Gasteiger charge is -2.23. The van der Waals surface area contributed by atoms with Crippen LogP contribution >= 0.6 is 11.3 Å². The Morgan fingerprint density at radius 3 is 3.00 bits per heavy atom. The highest BCUT2D eigenvalue weighted by molar-refractivity contribution is 7.13. The maximum absolute atomic E-state index is 12.1. The molecule has 3 atom stereocenters. The standard InChI is InChI=1S/C11H14N4O3S/c16-9(17)8-7-3-1-2-6(7)4-15(8)11(18)13-10-14-12-5-19-10/h5-8H,1-4H2,(H,16,17)(H,13,14,18). The molecule has 0 radical (unpaired) electrons. The number of aliphatic carboxylic acids is 1. The fourth-order valence-electron chi connectivity index (χ4n) is 3.22. The summed E-state index contributed by atoms with van der Waals surface area (Å²) >= 11 is 1.21. The number of likely N-dealkylation sites (tertiary alicyclic amines) is 1. The molecule has 1 aromatic heterocycles. The second-order valence-corrected chi connectivity index (χ2v) is 5.80. The van der Waals surface area contributed by atoms with E-state index in [2.05, 4.69) is 15.5 Å². The van der Waals surface area contributed by atoms with Gasteiger partial charge in [-0.1, -0.05) is 17.8 Å². The van der Waals surface area contributed by atoms with Crippen LogP contribution in [0.3, 0.4) is 0 Å². The zero-order chi connectivity index (χ0) is 13.4. The van der Waals surface area contributed by atoms with Gasteiger partial charge in [0.1, 0.15) is 11.6 Å². The van der Waals surface area contributed by atoms with E-state index in [9.17, 15) is 14.7 Å². The largest absolute Gasteiger partial charge is 0.480 e. The Morgan fingerprint density at radius 2 is 2.32 bits per heavy atom. The first kappa shape index (κ1) is 12.3. The number of amides is 2. The predicted octanol–water partition coefficient (Wildman–Crippen LogP) is 1.26. The summed E-state index contributed by atoms with van der Waals surface area (Å²) in [4.78, 5) is 25.0. The molecule has 1 aromatic rings. The molecule has 2 fully saturated rings. The van der Waals surface area contributed by atoms with Crippen LogP contribution in [0.15, 0.2) is 5.51 Å². The van der Waals surface area contributed by atoms with Crippen molar-refractivity contribution >= 4 is 28.5 Å². The summed E-state index contributed by atoms with van der Waals surface area (Å²) < 4.78 is 0. The van der Waals surface area contributed by atoms with Crippen molar-refractivity contribution in [2.45, 2.75) is 25.3 Å². The van der Waals surface area contributed by atoms with Crippen molar-refractivity contribution in [3.05, 3.63) is 5.51 Å². The van der Waals surface area contributed by atoms with Crippen molar-refractivity contribution in [3.63, 3.8) is 0 Å². The van der Waals surface area contributed by atoms with Crippen molar-refractivity contribution in [2.24, 2.45) is 11.8 Å². The number of fused-ring (bicyclic) bond motifs is 1. The predicted molar refractivity (Wildman–Crippen MR) is 67.9 cm³/mol. The highest BCUT2D eigenvalue weighted by Crippen LogP contribution is 2.42. The van der Waals surface area contributed by atoms with E-state index in [1.807, 2.05) is 0 Å². The van der Waals surface area contributed by atoms with E-state index in [1.165, 1.54) is 21.7 Å². The third-order valence-corrected chi connectivity index (χ3v) is 4.58. The van der Waals surface area contributed by atoms with Gasteiger partial charge in [0.05, 0.1) is 0 Å². The molecule has 19 heavy (non-hydrogen) atoms. The zero-order valence-electron chi connectivity index (χ0n) is 10.2. The van der Waals surface area contributed by atoms with Gasteiger partial charge < -0.3 is 10.0 Å². The number of hydrogen-bond acceptors (Lipinski definition) is 5. The maximum Gasteiger partial charge on any atom is 0.326 e. The number of carboxylic acids is 1. The number of carbonyl (C=O) groups is 2. The highest BCUT2D eigenvalue weighted by atomic mass is 32.1. The molecule has 102 valence electrons. The van der Waals surface area contributed by atoms with Gasteiger partial charge in [-0.25, -0.2) is 9.59 Å². The maximum atomic E-state index is 12.1. The van der Waals surface area contributed by atoms with Gasteiger partial charge in [-0.3, -0.25) is 5.32 Å². The number of anilines is 1. The lowest BCUT2D eigenvalue weighted by molar-refractivity contribution is -0.142. The van der Waals surface area contributed by atoms with E-state index in [1.54, 1.807) is 0 Å². The van der Waals surface area contributed by atoms with Gasteiger partial charge in [-0.05, 0) is 24.7 Å². The molecule has 1 aliphatic heterocycles. The summed E-state index contributed by atoms with van der Waals surface area (Å²) in [7, 11) is 0. The zero-order valence-corrected chi connectivity index (χ0v) is 11.0. The third kappa shape index (κ3) is 2.16. The van der Waals surface area contributed by atoms with Gasteiger partial charge in [-0.2, -0.15) is 0 Å². The molecular formula is C11H14N4O3S. The Morgan fingerprint density at radius 1 is 1.47 bits per heavy atom. The lowest BCUT2D eigenvalue weighted by atomic mass is 9.94. The van der Waals surface area contributed by atoms with Crippen LogP contribution in [0, 0.1) is 11.8 Å². The minimum Gasteiger partial charge on any atom is -0.480 e. The van der Waals surface area contributed by atoms with Crippen molar-refractivity contribution < 1.29 is 14.7 Å². The monoisotopic (exact) mass is 282 g/mol. The van der Waals surface area contributed by atoms with Crippen LogP contribution in [-0.4, -0.2) is 44.8 Å². The Labute approximate surface area is 113 Å². The summed E-state index contributed by atoms with van der Waals surface area (Å²) in [5.41, 5.74) is 1.52. The molecule has 1 saturated heterocycles. The number of rotatable bonds is 2. The van der Waals surface area contributed by atoms with Gasteiger partial charge in [0.2, 0.25) is 5.13 Å². The topological polar surface area (TPSA) is 95.4 Å². The van der Waals surface area contributed by atoms with Crippen LogP contribution in [0.25, 0.3) is 0 Å². The van der Waals surface area contributed by atoms with Crippen LogP contribution in [0.4, 0.5) is 9.93 Å². The molecule has 3 rings (SSSR count). The molecular weight excluding hydrogens is 268 g/mol. The number of carboxylic acid groups (broad SMARTS) is 1. The smallest absolute Gasteiger partial charge is 0.326 e. The summed E-state index contributed by atoms with van der Waals surface area (Å²) in [5, 5.41) is 19.7. The van der Waals surface area contributed by atoms with Crippen molar-refractivity contribution in [2.75, 3.05) is 11.9 Å². The van der Waals surface area contributed by atoms with Gasteiger partial charge in [0, 0.05) is 6.54 Å². The molecule has 7 nitrogen and oxygen atoms in total. The molecule has 8 heteroatoms. The van der Waals surface area contributed by atoms with Crippen LogP contribution in [-0.2, 0) is 4.79 Å². The number of carbonyl (C=O) groups excluding carboxylic acids is 1. The molecule has 0 spiro atoms. The normalized spacial score (nSPS) is 29.3. The Hall–Kier alpha value is -1.70. The molecule has 2 aliphatic rings. The summed E-state index contributed by atoms with van der Waals surface area (Å²) in [5.74, 6) is -0.499. The number of hydrogen-bond donors (Lipinski definition) is 2. The van der Waals surface area contributed by atoms with Crippen LogP contribution in [0.5, 0.6) is 0 Å². The van der Waals surface area contributed by atoms with Gasteiger partial charge in [-0.15, -0.1) is 10.2 Å². The molecule has 0 aromatic carbocycles. The number of aromatic nitrogens is 2.